The molecule has 4 nitrogen and oxygen atoms in total. The van der Waals surface area contributed by atoms with Crippen LogP contribution >= 0.6 is 0 Å². The van der Waals surface area contributed by atoms with Gasteiger partial charge in [0.25, 0.3) is 0 Å². The van der Waals surface area contributed by atoms with E-state index in [2.05, 4.69) is 35.3 Å². The van der Waals surface area contributed by atoms with Crippen LogP contribution in [0.3, 0.4) is 0 Å². The molecule has 1 aromatic carbocycles. The van der Waals surface area contributed by atoms with E-state index >= 15 is 0 Å². The molecule has 1 aliphatic rings. The number of amides is 1. The summed E-state index contributed by atoms with van der Waals surface area (Å²) in [5.74, 6) is 0. The molecule has 0 radical (unpaired) electrons. The second-order valence-corrected chi connectivity index (χ2v) is 6.65. The van der Waals surface area contributed by atoms with Crippen molar-refractivity contribution in [3.8, 4) is 0 Å². The Morgan fingerprint density at radius 3 is 2.77 bits per heavy atom. The van der Waals surface area contributed by atoms with Crippen LogP contribution in [0.4, 0.5) is 4.79 Å². The van der Waals surface area contributed by atoms with Crippen molar-refractivity contribution in [1.82, 2.24) is 9.88 Å². The zero-order valence-electron chi connectivity index (χ0n) is 13.3. The summed E-state index contributed by atoms with van der Waals surface area (Å²) in [5, 5.41) is 1.24. The molecule has 0 fully saturated rings. The smallest absolute Gasteiger partial charge is 0.410 e. The van der Waals surface area contributed by atoms with Crippen molar-refractivity contribution >= 4 is 22.6 Å². The van der Waals surface area contributed by atoms with E-state index in [0.717, 1.165) is 11.9 Å². The standard InChI is InChI=1S/C18H22N2O2/c1-18(2,3)22-17(21)20-11-8-13(9-12-20)14-5-4-6-16-15(14)7-10-19-16/h4-8,10,19H,9,11-12H2,1-3H3. The monoisotopic (exact) mass is 298 g/mol. The third-order valence-electron chi connectivity index (χ3n) is 3.80. The normalized spacial score (nSPS) is 15.8. The SMILES string of the molecule is CC(C)(C)OC(=O)N1CC=C(c2cccc3[nH]ccc23)CC1. The quantitative estimate of drug-likeness (QED) is 0.858. The Hall–Kier alpha value is -2.23. The molecule has 3 rings (SSSR count). The van der Waals surface area contributed by atoms with Crippen LogP contribution in [-0.2, 0) is 4.74 Å². The van der Waals surface area contributed by atoms with Crippen molar-refractivity contribution in [2.45, 2.75) is 32.8 Å². The first-order valence-electron chi connectivity index (χ1n) is 7.67. The predicted molar refractivity (Wildman–Crippen MR) is 88.7 cm³/mol. The number of fused-ring (bicyclic) bond motifs is 1. The molecule has 0 saturated heterocycles. The lowest BCUT2D eigenvalue weighted by atomic mass is 9.96. The highest BCUT2D eigenvalue weighted by Crippen LogP contribution is 2.29. The fourth-order valence-electron chi connectivity index (χ4n) is 2.77. The number of aromatic amines is 1. The van der Waals surface area contributed by atoms with Gasteiger partial charge in [-0.2, -0.15) is 0 Å². The van der Waals surface area contributed by atoms with Crippen LogP contribution in [0.15, 0.2) is 36.5 Å². The van der Waals surface area contributed by atoms with Crippen molar-refractivity contribution in [3.63, 3.8) is 0 Å². The zero-order valence-corrected chi connectivity index (χ0v) is 13.3. The molecule has 0 atom stereocenters. The second-order valence-electron chi connectivity index (χ2n) is 6.65. The van der Waals surface area contributed by atoms with E-state index in [1.807, 2.05) is 27.0 Å². The van der Waals surface area contributed by atoms with Gasteiger partial charge < -0.3 is 14.6 Å². The molecule has 22 heavy (non-hydrogen) atoms. The molecule has 0 spiro atoms. The first-order chi connectivity index (χ1) is 10.4. The minimum Gasteiger partial charge on any atom is -0.444 e. The number of nitrogens with zero attached hydrogens (tertiary/aromatic N) is 1. The van der Waals surface area contributed by atoms with E-state index in [1.165, 1.54) is 16.5 Å². The number of H-pyrrole nitrogens is 1. The van der Waals surface area contributed by atoms with Crippen LogP contribution in [0.25, 0.3) is 16.5 Å². The Morgan fingerprint density at radius 1 is 1.27 bits per heavy atom. The molecule has 0 aliphatic carbocycles. The first kappa shape index (κ1) is 14.7. The highest BCUT2D eigenvalue weighted by Gasteiger charge is 2.24. The van der Waals surface area contributed by atoms with Crippen molar-refractivity contribution in [1.29, 1.82) is 0 Å². The summed E-state index contributed by atoms with van der Waals surface area (Å²) in [6, 6.07) is 8.39. The summed E-state index contributed by atoms with van der Waals surface area (Å²) in [7, 11) is 0. The van der Waals surface area contributed by atoms with Gasteiger partial charge in [0.1, 0.15) is 5.60 Å². The summed E-state index contributed by atoms with van der Waals surface area (Å²) in [4.78, 5) is 17.1. The number of carbonyl (C=O) groups is 1. The van der Waals surface area contributed by atoms with Crippen LogP contribution in [0.5, 0.6) is 0 Å². The Bertz CT molecular complexity index is 722. The summed E-state index contributed by atoms with van der Waals surface area (Å²) >= 11 is 0. The van der Waals surface area contributed by atoms with Crippen LogP contribution in [0, 0.1) is 0 Å². The van der Waals surface area contributed by atoms with Gasteiger partial charge in [0.15, 0.2) is 0 Å². The minimum atomic E-state index is -0.447. The van der Waals surface area contributed by atoms with Crippen LogP contribution in [0.1, 0.15) is 32.8 Å². The summed E-state index contributed by atoms with van der Waals surface area (Å²) < 4.78 is 5.43. The molecule has 4 heteroatoms. The fraction of sp³-hybridized carbons (Fsp3) is 0.389. The van der Waals surface area contributed by atoms with Gasteiger partial charge in [-0.15, -0.1) is 0 Å². The molecular weight excluding hydrogens is 276 g/mol. The molecule has 0 unspecified atom stereocenters. The van der Waals surface area contributed by atoms with Gasteiger partial charge in [-0.25, -0.2) is 4.79 Å². The summed E-state index contributed by atoms with van der Waals surface area (Å²) in [6.45, 7) is 6.97. The molecular formula is C18H22N2O2. The van der Waals surface area contributed by atoms with Gasteiger partial charge in [-0.1, -0.05) is 18.2 Å². The molecule has 2 heterocycles. The Kier molecular flexibility index (Phi) is 3.69. The number of benzene rings is 1. The lowest BCUT2D eigenvalue weighted by Gasteiger charge is -2.29. The molecule has 0 bridgehead atoms. The van der Waals surface area contributed by atoms with Crippen LogP contribution in [-0.4, -0.2) is 34.7 Å². The molecule has 0 saturated carbocycles. The third-order valence-corrected chi connectivity index (χ3v) is 3.80. The maximum absolute atomic E-state index is 12.1. The van der Waals surface area contributed by atoms with Gasteiger partial charge in [-0.3, -0.25) is 0 Å². The topological polar surface area (TPSA) is 45.3 Å². The number of rotatable bonds is 1. The highest BCUT2D eigenvalue weighted by atomic mass is 16.6. The Balaban J connectivity index is 1.77. The lowest BCUT2D eigenvalue weighted by molar-refractivity contribution is 0.0270. The number of aromatic nitrogens is 1. The van der Waals surface area contributed by atoms with Crippen molar-refractivity contribution in [2.75, 3.05) is 13.1 Å². The van der Waals surface area contributed by atoms with Crippen LogP contribution < -0.4 is 0 Å². The largest absolute Gasteiger partial charge is 0.444 e. The van der Waals surface area contributed by atoms with E-state index in [-0.39, 0.29) is 6.09 Å². The maximum atomic E-state index is 12.1. The van der Waals surface area contributed by atoms with E-state index in [4.69, 9.17) is 4.74 Å². The molecule has 1 aromatic heterocycles. The first-order valence-corrected chi connectivity index (χ1v) is 7.67. The highest BCUT2D eigenvalue weighted by molar-refractivity contribution is 5.92. The van der Waals surface area contributed by atoms with Crippen molar-refractivity contribution in [3.05, 3.63) is 42.1 Å². The molecule has 1 amide bonds. The lowest BCUT2D eigenvalue weighted by Crippen LogP contribution is -2.39. The van der Waals surface area contributed by atoms with E-state index in [1.54, 1.807) is 4.90 Å². The number of hydrogen-bond acceptors (Lipinski definition) is 2. The molecule has 116 valence electrons. The average Bonchev–Trinajstić information content (AvgIpc) is 2.94. The third kappa shape index (κ3) is 3.01. The number of hydrogen-bond donors (Lipinski definition) is 1. The van der Waals surface area contributed by atoms with Gasteiger partial charge in [0, 0.05) is 30.2 Å². The van der Waals surface area contributed by atoms with E-state index in [0.29, 0.717) is 13.1 Å². The summed E-state index contributed by atoms with van der Waals surface area (Å²) in [6.07, 6.45) is 4.71. The maximum Gasteiger partial charge on any atom is 0.410 e. The van der Waals surface area contributed by atoms with Crippen molar-refractivity contribution < 1.29 is 9.53 Å². The van der Waals surface area contributed by atoms with Gasteiger partial charge in [0.05, 0.1) is 0 Å². The van der Waals surface area contributed by atoms with Gasteiger partial charge >= 0.3 is 6.09 Å². The summed E-state index contributed by atoms with van der Waals surface area (Å²) in [5.41, 5.74) is 3.25. The molecule has 1 N–H and O–H groups in total. The van der Waals surface area contributed by atoms with Crippen molar-refractivity contribution in [2.24, 2.45) is 0 Å². The fourth-order valence-corrected chi connectivity index (χ4v) is 2.77. The van der Waals surface area contributed by atoms with Gasteiger partial charge in [0.2, 0.25) is 0 Å². The Morgan fingerprint density at radius 2 is 2.09 bits per heavy atom. The minimum absolute atomic E-state index is 0.234. The number of carbonyl (C=O) groups excluding carboxylic acids is 1. The Labute approximate surface area is 130 Å². The zero-order chi connectivity index (χ0) is 15.7. The predicted octanol–water partition coefficient (Wildman–Crippen LogP) is 4.19. The van der Waals surface area contributed by atoms with Crippen LogP contribution in [0.2, 0.25) is 0 Å². The number of nitrogens with one attached hydrogen (secondary N) is 1. The number of ether oxygens (including phenoxy) is 1. The van der Waals surface area contributed by atoms with Gasteiger partial charge in [-0.05, 0) is 50.5 Å². The molecule has 1 aliphatic heterocycles. The second kappa shape index (κ2) is 5.52. The van der Waals surface area contributed by atoms with E-state index in [9.17, 15) is 4.79 Å². The molecule has 2 aromatic rings. The average molecular weight is 298 g/mol. The van der Waals surface area contributed by atoms with E-state index < -0.39 is 5.60 Å².